The molecule has 1 aromatic heterocycles. The number of nitrogens with zero attached hydrogens (tertiary/aromatic N) is 5. The first kappa shape index (κ1) is 36.6. The maximum atomic E-state index is 15.0. The van der Waals surface area contributed by atoms with Crippen LogP contribution in [0.4, 0.5) is 39.0 Å². The maximum Gasteiger partial charge on any atom is 0.573 e. The zero-order chi connectivity index (χ0) is 37.9. The van der Waals surface area contributed by atoms with E-state index in [1.165, 1.54) is 30.6 Å². The van der Waals surface area contributed by atoms with Crippen molar-refractivity contribution in [3.63, 3.8) is 0 Å². The molecule has 282 valence electrons. The standard InChI is InChI=1S/C39H37F5N6O4/c1-26-18-32(9-13-36(26)52-21-27-20-38(53-22-27,23-50-25-45-24-46-50)34-12-4-29(40)19-35(34)41)49-16-14-48(15-17-49)31-7-2-28(3-8-31)37(51)47-30-5-10-33(11-6-30)54-39(42,43)44/h2-13,18-19,24-25,27H,14-17,20-23H2,1H3,(H,47,51)/t27-,38+/m1/s1. The Labute approximate surface area is 308 Å². The Kier molecular flexibility index (Phi) is 10.4. The number of nitrogens with one attached hydrogen (secondary N) is 1. The van der Waals surface area contributed by atoms with Crippen LogP contribution in [0.3, 0.4) is 0 Å². The molecule has 3 heterocycles. The van der Waals surface area contributed by atoms with Crippen molar-refractivity contribution in [3.8, 4) is 11.5 Å². The van der Waals surface area contributed by atoms with Crippen LogP contribution in [0, 0.1) is 24.5 Å². The Morgan fingerprint density at radius 3 is 2.28 bits per heavy atom. The highest BCUT2D eigenvalue weighted by Gasteiger charge is 2.44. The van der Waals surface area contributed by atoms with Crippen LogP contribution in [0.1, 0.15) is 27.9 Å². The van der Waals surface area contributed by atoms with Crippen LogP contribution in [0.5, 0.6) is 11.5 Å². The zero-order valence-electron chi connectivity index (χ0n) is 29.2. The number of rotatable bonds is 11. The topological polar surface area (TPSA) is 94.0 Å². The number of aryl methyl sites for hydroxylation is 1. The van der Waals surface area contributed by atoms with Gasteiger partial charge in [0.1, 0.15) is 41.4 Å². The minimum atomic E-state index is -4.79. The molecular formula is C39H37F5N6O4. The molecule has 2 fully saturated rings. The average molecular weight is 749 g/mol. The summed E-state index contributed by atoms with van der Waals surface area (Å²) in [6, 6.07) is 21.8. The van der Waals surface area contributed by atoms with E-state index in [0.717, 1.165) is 67.1 Å². The van der Waals surface area contributed by atoms with Crippen LogP contribution in [0.15, 0.2) is 97.6 Å². The smallest absolute Gasteiger partial charge is 0.493 e. The number of halogens is 5. The molecule has 15 heteroatoms. The third-order valence-corrected chi connectivity index (χ3v) is 9.64. The lowest BCUT2D eigenvalue weighted by Crippen LogP contribution is -2.46. The number of anilines is 3. The highest BCUT2D eigenvalue weighted by molar-refractivity contribution is 6.04. The van der Waals surface area contributed by atoms with Crippen LogP contribution < -0.4 is 24.6 Å². The van der Waals surface area contributed by atoms with Crippen molar-refractivity contribution in [1.29, 1.82) is 0 Å². The summed E-state index contributed by atoms with van der Waals surface area (Å²) in [5.41, 5.74) is 3.02. The Hall–Kier alpha value is -5.70. The van der Waals surface area contributed by atoms with Crippen molar-refractivity contribution >= 4 is 23.0 Å². The molecule has 1 N–H and O–H groups in total. The molecule has 0 unspecified atom stereocenters. The first-order valence-corrected chi connectivity index (χ1v) is 17.4. The second kappa shape index (κ2) is 15.3. The highest BCUT2D eigenvalue weighted by Crippen LogP contribution is 2.42. The summed E-state index contributed by atoms with van der Waals surface area (Å²) in [6.07, 6.45) is -1.39. The van der Waals surface area contributed by atoms with Crippen LogP contribution in [0.2, 0.25) is 0 Å². The van der Waals surface area contributed by atoms with Crippen molar-refractivity contribution in [2.45, 2.75) is 31.9 Å². The normalized spacial score (nSPS) is 18.8. The fraction of sp³-hybridized carbons (Fsp3) is 0.308. The van der Waals surface area contributed by atoms with E-state index in [9.17, 15) is 22.4 Å². The van der Waals surface area contributed by atoms with Crippen molar-refractivity contribution in [2.75, 3.05) is 54.5 Å². The molecular weight excluding hydrogens is 711 g/mol. The fourth-order valence-corrected chi connectivity index (χ4v) is 6.98. The summed E-state index contributed by atoms with van der Waals surface area (Å²) >= 11 is 0. The molecule has 4 aromatic carbocycles. The number of hydrogen-bond acceptors (Lipinski definition) is 8. The number of amides is 1. The van der Waals surface area contributed by atoms with Crippen molar-refractivity contribution in [2.24, 2.45) is 5.92 Å². The molecule has 10 nitrogen and oxygen atoms in total. The summed E-state index contributed by atoms with van der Waals surface area (Å²) < 4.78 is 84.0. The van der Waals surface area contributed by atoms with E-state index in [0.29, 0.717) is 30.9 Å². The molecule has 0 aliphatic carbocycles. The van der Waals surface area contributed by atoms with Gasteiger partial charge in [0, 0.05) is 66.4 Å². The predicted octanol–water partition coefficient (Wildman–Crippen LogP) is 7.35. The molecule has 2 aliphatic heterocycles. The minimum absolute atomic E-state index is 0.0453. The van der Waals surface area contributed by atoms with Gasteiger partial charge in [-0.25, -0.2) is 18.4 Å². The number of ether oxygens (including phenoxy) is 3. The quantitative estimate of drug-likeness (QED) is 0.140. The van der Waals surface area contributed by atoms with Gasteiger partial charge in [0.05, 0.1) is 19.8 Å². The number of alkyl halides is 3. The lowest BCUT2D eigenvalue weighted by molar-refractivity contribution is -0.274. The predicted molar refractivity (Wildman–Crippen MR) is 191 cm³/mol. The van der Waals surface area contributed by atoms with Gasteiger partial charge >= 0.3 is 6.36 Å². The number of piperazine rings is 1. The molecule has 0 spiro atoms. The number of aromatic nitrogens is 3. The molecule has 1 amide bonds. The van der Waals surface area contributed by atoms with Gasteiger partial charge in [0.15, 0.2) is 0 Å². The summed E-state index contributed by atoms with van der Waals surface area (Å²) in [6.45, 7) is 6.01. The first-order valence-electron chi connectivity index (χ1n) is 17.4. The van der Waals surface area contributed by atoms with Crippen LogP contribution in [-0.4, -0.2) is 66.4 Å². The SMILES string of the molecule is Cc1cc(N2CCN(c3ccc(C(=O)Nc4ccc(OC(F)(F)F)cc4)cc3)CC2)ccc1OC[C@@H]1CO[C@@](Cn2cncn2)(c2ccc(F)cc2F)C1. The van der Waals surface area contributed by atoms with Gasteiger partial charge in [-0.3, -0.25) is 4.79 Å². The maximum absolute atomic E-state index is 15.0. The summed E-state index contributed by atoms with van der Waals surface area (Å²) in [5.74, 6) is -1.37. The van der Waals surface area contributed by atoms with E-state index in [4.69, 9.17) is 9.47 Å². The van der Waals surface area contributed by atoms with E-state index >= 15 is 4.39 Å². The van der Waals surface area contributed by atoms with E-state index in [2.05, 4.69) is 36.0 Å². The summed E-state index contributed by atoms with van der Waals surface area (Å²) in [5, 5.41) is 6.86. The molecule has 0 saturated carbocycles. The van der Waals surface area contributed by atoms with Crippen molar-refractivity contribution < 1.29 is 41.0 Å². The Morgan fingerprint density at radius 2 is 1.63 bits per heavy atom. The Balaban J connectivity index is 0.905. The van der Waals surface area contributed by atoms with Crippen LogP contribution in [0.25, 0.3) is 0 Å². The molecule has 2 aliphatic rings. The van der Waals surface area contributed by atoms with E-state index < -0.39 is 23.6 Å². The lowest BCUT2D eigenvalue weighted by Gasteiger charge is -2.37. The molecule has 5 aromatic rings. The summed E-state index contributed by atoms with van der Waals surface area (Å²) in [7, 11) is 0. The third-order valence-electron chi connectivity index (χ3n) is 9.64. The van der Waals surface area contributed by atoms with Gasteiger partial charge in [-0.15, -0.1) is 13.2 Å². The van der Waals surface area contributed by atoms with E-state index in [1.54, 1.807) is 23.1 Å². The second-order valence-corrected chi connectivity index (χ2v) is 13.4. The fourth-order valence-electron chi connectivity index (χ4n) is 6.98. The monoisotopic (exact) mass is 748 g/mol. The molecule has 7 rings (SSSR count). The van der Waals surface area contributed by atoms with Crippen LogP contribution >= 0.6 is 0 Å². The Bertz CT molecular complexity index is 2060. The molecule has 2 saturated heterocycles. The van der Waals surface area contributed by atoms with Gasteiger partial charge in [0.25, 0.3) is 5.91 Å². The zero-order valence-corrected chi connectivity index (χ0v) is 29.2. The molecule has 0 bridgehead atoms. The number of carbonyl (C=O) groups is 1. The number of carbonyl (C=O) groups excluding carboxylic acids is 1. The number of hydrogen-bond donors (Lipinski definition) is 1. The van der Waals surface area contributed by atoms with Crippen molar-refractivity contribution in [1.82, 2.24) is 14.8 Å². The highest BCUT2D eigenvalue weighted by atomic mass is 19.4. The van der Waals surface area contributed by atoms with Gasteiger partial charge in [0.2, 0.25) is 0 Å². The van der Waals surface area contributed by atoms with Gasteiger partial charge < -0.3 is 29.3 Å². The van der Waals surface area contributed by atoms with Gasteiger partial charge in [-0.1, -0.05) is 6.07 Å². The molecule has 2 atom stereocenters. The third kappa shape index (κ3) is 8.57. The van der Waals surface area contributed by atoms with Crippen molar-refractivity contribution in [3.05, 3.63) is 126 Å². The van der Waals surface area contributed by atoms with E-state index in [1.807, 2.05) is 31.2 Å². The van der Waals surface area contributed by atoms with Gasteiger partial charge in [-0.2, -0.15) is 5.10 Å². The molecule has 54 heavy (non-hydrogen) atoms. The largest absolute Gasteiger partial charge is 0.573 e. The van der Waals surface area contributed by atoms with Crippen LogP contribution in [-0.2, 0) is 16.9 Å². The first-order chi connectivity index (χ1) is 25.9. The lowest BCUT2D eigenvalue weighted by atomic mass is 9.87. The second-order valence-electron chi connectivity index (χ2n) is 13.4. The Morgan fingerprint density at radius 1 is 0.926 bits per heavy atom. The minimum Gasteiger partial charge on any atom is -0.493 e. The summed E-state index contributed by atoms with van der Waals surface area (Å²) in [4.78, 5) is 21.3. The van der Waals surface area contributed by atoms with E-state index in [-0.39, 0.29) is 29.7 Å². The average Bonchev–Trinajstić information content (AvgIpc) is 3.82. The molecule has 0 radical (unpaired) electrons. The van der Waals surface area contributed by atoms with Gasteiger partial charge in [-0.05, 0) is 91.7 Å². The number of benzene rings is 4.